The molecular weight excluding hydrogens is 472 g/mol. The number of rotatable bonds is 16. The summed E-state index contributed by atoms with van der Waals surface area (Å²) < 4.78 is 6.20. The van der Waals surface area contributed by atoms with Crippen molar-refractivity contribution in [3.8, 4) is 5.75 Å². The molecule has 208 valence electrons. The molecule has 5 N–H and O–H groups in total. The van der Waals surface area contributed by atoms with Crippen LogP contribution in [0.25, 0.3) is 0 Å². The molecule has 1 saturated carbocycles. The number of carbonyl (C=O) groups excluding carboxylic acids is 2. The van der Waals surface area contributed by atoms with Crippen LogP contribution in [0.3, 0.4) is 0 Å². The molecule has 2 rings (SSSR count). The van der Waals surface area contributed by atoms with Crippen molar-refractivity contribution in [2.75, 3.05) is 13.6 Å². The number of benzene rings is 1. The van der Waals surface area contributed by atoms with Gasteiger partial charge in [0, 0.05) is 19.6 Å². The molecule has 1 aliphatic carbocycles. The Morgan fingerprint density at radius 1 is 1.14 bits per heavy atom. The molecule has 0 bridgehead atoms. The van der Waals surface area contributed by atoms with Gasteiger partial charge in [-0.05, 0) is 76.3 Å². The first-order chi connectivity index (χ1) is 17.4. The lowest BCUT2D eigenvalue weighted by Gasteiger charge is -2.30. The number of nitrogens with zero attached hydrogens (tertiary/aromatic N) is 1. The van der Waals surface area contributed by atoms with Gasteiger partial charge in [-0.2, -0.15) is 0 Å². The summed E-state index contributed by atoms with van der Waals surface area (Å²) in [5.74, 6) is -0.579. The van der Waals surface area contributed by atoms with Crippen molar-refractivity contribution in [3.63, 3.8) is 0 Å². The minimum Gasteiger partial charge on any atom is -0.489 e. The fourth-order valence-electron chi connectivity index (χ4n) is 4.22. The summed E-state index contributed by atoms with van der Waals surface area (Å²) in [7, 11) is 1.59. The van der Waals surface area contributed by atoms with E-state index >= 15 is 0 Å². The van der Waals surface area contributed by atoms with Crippen molar-refractivity contribution < 1.29 is 24.2 Å². The Balaban J connectivity index is 1.96. The molecule has 0 unspecified atom stereocenters. The molecule has 2 amide bonds. The Kier molecular flexibility index (Phi) is 11.8. The lowest BCUT2D eigenvalue weighted by Crippen LogP contribution is -2.55. The zero-order valence-corrected chi connectivity index (χ0v) is 23.2. The molecule has 37 heavy (non-hydrogen) atoms. The number of amides is 2. The number of hydrogen-bond acceptors (Lipinski definition) is 6. The molecule has 0 radical (unpaired) electrons. The maximum atomic E-state index is 13.4. The number of carboxylic acids is 1. The first-order valence-electron chi connectivity index (χ1n) is 13.4. The van der Waals surface area contributed by atoms with Crippen molar-refractivity contribution >= 4 is 17.8 Å². The zero-order valence-electron chi connectivity index (χ0n) is 23.2. The highest BCUT2D eigenvalue weighted by Gasteiger charge is 2.39. The second kappa shape index (κ2) is 14.3. The summed E-state index contributed by atoms with van der Waals surface area (Å²) in [5.41, 5.74) is 7.03. The number of aliphatic carboxylic acids is 1. The Hall–Kier alpha value is -2.65. The normalized spacial score (nSPS) is 17.4. The van der Waals surface area contributed by atoms with Crippen LogP contribution in [0.1, 0.15) is 65.9 Å². The topological polar surface area (TPSA) is 134 Å². The van der Waals surface area contributed by atoms with E-state index in [1.54, 1.807) is 14.0 Å². The van der Waals surface area contributed by atoms with Gasteiger partial charge >= 0.3 is 5.97 Å². The fourth-order valence-corrected chi connectivity index (χ4v) is 4.22. The number of nitrogens with two attached hydrogens (primary N) is 1. The minimum absolute atomic E-state index is 0.111. The van der Waals surface area contributed by atoms with Crippen molar-refractivity contribution in [2.24, 2.45) is 17.6 Å². The molecule has 9 nitrogen and oxygen atoms in total. The van der Waals surface area contributed by atoms with Crippen LogP contribution in [0, 0.1) is 11.8 Å². The van der Waals surface area contributed by atoms with E-state index in [4.69, 9.17) is 10.5 Å². The first kappa shape index (κ1) is 30.6. The predicted molar refractivity (Wildman–Crippen MR) is 144 cm³/mol. The first-order valence-corrected chi connectivity index (χ1v) is 13.4. The van der Waals surface area contributed by atoms with E-state index in [9.17, 15) is 19.5 Å². The highest BCUT2D eigenvalue weighted by Crippen LogP contribution is 2.33. The van der Waals surface area contributed by atoms with Gasteiger partial charge in [-0.25, -0.2) is 4.79 Å². The van der Waals surface area contributed by atoms with Gasteiger partial charge in [-0.3, -0.25) is 9.59 Å². The second-order valence-electron chi connectivity index (χ2n) is 10.9. The van der Waals surface area contributed by atoms with Gasteiger partial charge in [0.1, 0.15) is 23.9 Å². The van der Waals surface area contributed by atoms with Crippen molar-refractivity contribution in [2.45, 2.75) is 97.0 Å². The highest BCUT2D eigenvalue weighted by molar-refractivity contribution is 5.91. The Labute approximate surface area is 221 Å². The highest BCUT2D eigenvalue weighted by atomic mass is 16.5. The van der Waals surface area contributed by atoms with Crippen molar-refractivity contribution in [3.05, 3.63) is 29.8 Å². The van der Waals surface area contributed by atoms with Gasteiger partial charge in [-0.15, -0.1) is 0 Å². The van der Waals surface area contributed by atoms with Gasteiger partial charge in [0.2, 0.25) is 11.8 Å². The Morgan fingerprint density at radius 2 is 1.78 bits per heavy atom. The number of nitrogens with one attached hydrogen (secondary N) is 2. The average molecular weight is 519 g/mol. The number of ether oxygens (including phenoxy) is 1. The SMILES string of the molecule is CC(C)C[C@@H](NC(=O)[C@@H](C)N(C)C(=O)[C@@H](NC[C@@H](C)Oc1ccccc1CC[C@H](C)N)C1CC1)C(=O)O. The average Bonchev–Trinajstić information content (AvgIpc) is 3.67. The van der Waals surface area contributed by atoms with Crippen molar-refractivity contribution in [1.82, 2.24) is 15.5 Å². The molecule has 1 aliphatic rings. The van der Waals surface area contributed by atoms with Crippen LogP contribution in [-0.4, -0.2) is 71.7 Å². The molecule has 0 saturated heterocycles. The minimum atomic E-state index is -1.08. The van der Waals surface area contributed by atoms with Gasteiger partial charge in [0.15, 0.2) is 0 Å². The number of likely N-dealkylation sites (N-methyl/N-ethyl adjacent to an activating group) is 1. The third-order valence-electron chi connectivity index (χ3n) is 6.78. The molecule has 0 aromatic heterocycles. The van der Waals surface area contributed by atoms with Crippen LogP contribution in [0.2, 0.25) is 0 Å². The lowest BCUT2D eigenvalue weighted by molar-refractivity contribution is -0.144. The van der Waals surface area contributed by atoms with Crippen LogP contribution in [0.4, 0.5) is 0 Å². The quantitative estimate of drug-likeness (QED) is 0.264. The van der Waals surface area contributed by atoms with Gasteiger partial charge in [0.25, 0.3) is 0 Å². The standard InChI is InChI=1S/C28H46N4O5/c1-17(2)15-23(28(35)36)31-26(33)20(5)32(6)27(34)25(22-13-14-22)30-16-19(4)37-24-10-8-7-9-21(24)12-11-18(3)29/h7-10,17-20,22-23,25,30H,11-16,29H2,1-6H3,(H,31,33)(H,35,36)/t18-,19+,20+,23+,25-/m0/s1. The summed E-state index contributed by atoms with van der Waals surface area (Å²) in [5, 5.41) is 15.4. The summed E-state index contributed by atoms with van der Waals surface area (Å²) in [6.45, 7) is 9.84. The molecule has 0 aliphatic heterocycles. The summed E-state index contributed by atoms with van der Waals surface area (Å²) >= 11 is 0. The Morgan fingerprint density at radius 3 is 2.35 bits per heavy atom. The molecular formula is C28H46N4O5. The van der Waals surface area contributed by atoms with Crippen LogP contribution >= 0.6 is 0 Å². The molecule has 5 atom stereocenters. The van der Waals surface area contributed by atoms with Crippen LogP contribution in [0.15, 0.2) is 24.3 Å². The summed E-state index contributed by atoms with van der Waals surface area (Å²) in [4.78, 5) is 39.1. The molecule has 0 heterocycles. The van der Waals surface area contributed by atoms with E-state index in [1.165, 1.54) is 4.90 Å². The van der Waals surface area contributed by atoms with Gasteiger partial charge in [0.05, 0.1) is 6.04 Å². The summed E-state index contributed by atoms with van der Waals surface area (Å²) in [6, 6.07) is 5.84. The molecule has 0 spiro atoms. The number of hydrogen-bond donors (Lipinski definition) is 4. The van der Waals surface area contributed by atoms with E-state index in [0.29, 0.717) is 13.0 Å². The lowest BCUT2D eigenvalue weighted by atomic mass is 10.0. The Bertz CT molecular complexity index is 902. The predicted octanol–water partition coefficient (Wildman–Crippen LogP) is 2.56. The second-order valence-corrected chi connectivity index (χ2v) is 10.9. The van der Waals surface area contributed by atoms with Crippen LogP contribution in [0.5, 0.6) is 5.75 Å². The van der Waals surface area contributed by atoms with E-state index in [0.717, 1.165) is 37.0 Å². The van der Waals surface area contributed by atoms with Crippen LogP contribution in [-0.2, 0) is 20.8 Å². The summed E-state index contributed by atoms with van der Waals surface area (Å²) in [6.07, 6.45) is 3.74. The number of carbonyl (C=O) groups is 3. The molecule has 1 fully saturated rings. The maximum absolute atomic E-state index is 13.4. The molecule has 1 aromatic carbocycles. The fraction of sp³-hybridized carbons (Fsp3) is 0.679. The number of aryl methyl sites for hydroxylation is 1. The monoisotopic (exact) mass is 518 g/mol. The number of para-hydroxylation sites is 1. The smallest absolute Gasteiger partial charge is 0.326 e. The van der Waals surface area contributed by atoms with Gasteiger partial charge < -0.3 is 31.1 Å². The molecule has 9 heteroatoms. The van der Waals surface area contributed by atoms with E-state index in [1.807, 2.05) is 52.0 Å². The number of carboxylic acid groups (broad SMARTS) is 1. The zero-order chi connectivity index (χ0) is 27.7. The van der Waals surface area contributed by atoms with E-state index in [2.05, 4.69) is 10.6 Å². The third-order valence-corrected chi connectivity index (χ3v) is 6.78. The third kappa shape index (κ3) is 9.97. The van der Waals surface area contributed by atoms with E-state index < -0.39 is 30.0 Å². The molecule has 1 aromatic rings. The maximum Gasteiger partial charge on any atom is 0.326 e. The largest absolute Gasteiger partial charge is 0.489 e. The van der Waals surface area contributed by atoms with Gasteiger partial charge in [-0.1, -0.05) is 32.0 Å². The van der Waals surface area contributed by atoms with Crippen molar-refractivity contribution in [1.29, 1.82) is 0 Å². The van der Waals surface area contributed by atoms with E-state index in [-0.39, 0.29) is 29.9 Å². The van der Waals surface area contributed by atoms with Crippen LogP contribution < -0.4 is 21.1 Å².